The number of nitrogens with two attached hydrogens (primary N) is 3. The van der Waals surface area contributed by atoms with Crippen LogP contribution in [-0.2, 0) is 52.7 Å². The Morgan fingerprint density at radius 2 is 1.33 bits per heavy atom. The standard InChI is InChI=1S/C39H67N11O13/c1-6-21(4)32(49-36(59)26(17-31(54)55)47-34(57)23(12-13-28(42)51)45-29(52)18-41)38(61)48-25(16-20(2)3)35(58)44-22(5)33(56)43-19-30(53)50-15-9-11-27(50)37(60)46-24(39(62)63)10-7-8-14-40/h20-27,32H,6-19,40-41H2,1-5H3,(H2,42,51)(H,43,56)(H,44,58)(H,45,52)(H,46,60)(H,47,57)(H,48,61)(H,49,59)(H,54,55)(H,62,63)/t21-,22-,23-,24-,25-,26-,27-,32-/m0/s1. The molecule has 0 bridgehead atoms. The van der Waals surface area contributed by atoms with Gasteiger partial charge in [-0.1, -0.05) is 34.1 Å². The van der Waals surface area contributed by atoms with Crippen molar-refractivity contribution in [2.24, 2.45) is 29.0 Å². The van der Waals surface area contributed by atoms with Crippen molar-refractivity contribution in [3.05, 3.63) is 0 Å². The maximum absolute atomic E-state index is 13.8. The van der Waals surface area contributed by atoms with Gasteiger partial charge in [-0.2, -0.15) is 0 Å². The van der Waals surface area contributed by atoms with Gasteiger partial charge in [0.05, 0.1) is 19.5 Å². The van der Waals surface area contributed by atoms with Gasteiger partial charge in [0.2, 0.25) is 53.2 Å². The van der Waals surface area contributed by atoms with Gasteiger partial charge in [0.25, 0.3) is 0 Å². The van der Waals surface area contributed by atoms with E-state index in [0.29, 0.717) is 32.2 Å². The van der Waals surface area contributed by atoms with E-state index in [0.717, 1.165) is 0 Å². The van der Waals surface area contributed by atoms with Crippen molar-refractivity contribution in [1.82, 2.24) is 42.1 Å². The molecule has 0 aromatic rings. The number of hydrogen-bond donors (Lipinski definition) is 12. The Balaban J connectivity index is 3.07. The largest absolute Gasteiger partial charge is 0.481 e. The number of amides is 9. The second-order valence-electron chi connectivity index (χ2n) is 15.9. The fraction of sp³-hybridized carbons (Fsp3) is 0.718. The Morgan fingerprint density at radius 3 is 1.89 bits per heavy atom. The fourth-order valence-electron chi connectivity index (χ4n) is 6.54. The van der Waals surface area contributed by atoms with Crippen LogP contribution in [0, 0.1) is 11.8 Å². The van der Waals surface area contributed by atoms with E-state index in [1.807, 2.05) is 0 Å². The summed E-state index contributed by atoms with van der Waals surface area (Å²) < 4.78 is 0. The van der Waals surface area contributed by atoms with Gasteiger partial charge in [-0.15, -0.1) is 0 Å². The zero-order chi connectivity index (χ0) is 48.0. The third-order valence-corrected chi connectivity index (χ3v) is 10.3. The van der Waals surface area contributed by atoms with Crippen LogP contribution in [0.5, 0.6) is 0 Å². The van der Waals surface area contributed by atoms with Gasteiger partial charge in [0.15, 0.2) is 0 Å². The van der Waals surface area contributed by atoms with E-state index in [2.05, 4.69) is 37.2 Å². The number of likely N-dealkylation sites (tertiary alicyclic amines) is 1. The Morgan fingerprint density at radius 1 is 0.714 bits per heavy atom. The Hall–Kier alpha value is -5.91. The van der Waals surface area contributed by atoms with Gasteiger partial charge in [0, 0.05) is 13.0 Å². The summed E-state index contributed by atoms with van der Waals surface area (Å²) in [6, 6.07) is -9.14. The molecular formula is C39H67N11O13. The Bertz CT molecular complexity index is 1650. The first-order chi connectivity index (χ1) is 29.6. The van der Waals surface area contributed by atoms with E-state index in [1.165, 1.54) is 11.8 Å². The van der Waals surface area contributed by atoms with Crippen molar-refractivity contribution in [3.63, 3.8) is 0 Å². The maximum Gasteiger partial charge on any atom is 0.326 e. The third-order valence-electron chi connectivity index (χ3n) is 10.3. The van der Waals surface area contributed by atoms with Gasteiger partial charge in [-0.3, -0.25) is 47.9 Å². The summed E-state index contributed by atoms with van der Waals surface area (Å²) in [5.74, 6) is -10.8. The molecule has 356 valence electrons. The van der Waals surface area contributed by atoms with Gasteiger partial charge >= 0.3 is 11.9 Å². The molecule has 1 aliphatic heterocycles. The summed E-state index contributed by atoms with van der Waals surface area (Å²) in [5.41, 5.74) is 16.0. The van der Waals surface area contributed by atoms with Crippen LogP contribution in [-0.4, -0.2) is 149 Å². The summed E-state index contributed by atoms with van der Waals surface area (Å²) in [6.45, 7) is 7.70. The minimum Gasteiger partial charge on any atom is -0.481 e. The van der Waals surface area contributed by atoms with Crippen molar-refractivity contribution in [1.29, 1.82) is 0 Å². The summed E-state index contributed by atoms with van der Waals surface area (Å²) in [6.07, 6.45) is 0.763. The molecule has 1 aliphatic rings. The molecule has 0 radical (unpaired) electrons. The average molecular weight is 898 g/mol. The zero-order valence-electron chi connectivity index (χ0n) is 36.7. The van der Waals surface area contributed by atoms with Gasteiger partial charge < -0.3 is 69.5 Å². The van der Waals surface area contributed by atoms with E-state index < -0.39 is 133 Å². The second kappa shape index (κ2) is 27.9. The molecule has 15 N–H and O–H groups in total. The molecule has 24 heteroatoms. The topological polar surface area (TPSA) is 394 Å². The van der Waals surface area contributed by atoms with E-state index >= 15 is 0 Å². The number of aliphatic carboxylic acids is 2. The highest BCUT2D eigenvalue weighted by Crippen LogP contribution is 2.18. The molecule has 0 saturated carbocycles. The lowest BCUT2D eigenvalue weighted by molar-refractivity contribution is -0.144. The average Bonchev–Trinajstić information content (AvgIpc) is 3.72. The van der Waals surface area contributed by atoms with Crippen LogP contribution in [0.25, 0.3) is 0 Å². The number of carboxylic acids is 2. The number of nitrogens with zero attached hydrogens (tertiary/aromatic N) is 1. The molecular weight excluding hydrogens is 830 g/mol. The first kappa shape index (κ1) is 55.1. The van der Waals surface area contributed by atoms with Crippen LogP contribution >= 0.6 is 0 Å². The quantitative estimate of drug-likeness (QED) is 0.0319. The molecule has 0 aromatic carbocycles. The van der Waals surface area contributed by atoms with Gasteiger partial charge in [0.1, 0.15) is 42.3 Å². The van der Waals surface area contributed by atoms with Crippen LogP contribution in [0.4, 0.5) is 0 Å². The van der Waals surface area contributed by atoms with Crippen molar-refractivity contribution in [2.45, 2.75) is 141 Å². The number of carbonyl (C=O) groups is 11. The van der Waals surface area contributed by atoms with Crippen molar-refractivity contribution < 1.29 is 63.0 Å². The Labute approximate surface area is 366 Å². The SMILES string of the molecule is CC[C@H](C)[C@H](NC(=O)[C@H](CC(=O)O)NC(=O)[C@H](CCC(N)=O)NC(=O)CN)C(=O)N[C@@H](CC(C)C)C(=O)N[C@@H](C)C(=O)NCC(=O)N1CCC[C@H]1C(=O)N[C@@H](CCCCN)C(=O)O. The lowest BCUT2D eigenvalue weighted by Gasteiger charge is -2.29. The molecule has 8 atom stereocenters. The van der Waals surface area contributed by atoms with E-state index in [-0.39, 0.29) is 44.6 Å². The van der Waals surface area contributed by atoms with Crippen LogP contribution in [0.1, 0.15) is 98.8 Å². The molecule has 1 saturated heterocycles. The summed E-state index contributed by atoms with van der Waals surface area (Å²) in [5, 5.41) is 36.1. The highest BCUT2D eigenvalue weighted by Gasteiger charge is 2.37. The van der Waals surface area contributed by atoms with E-state index in [4.69, 9.17) is 17.2 Å². The minimum atomic E-state index is -1.77. The number of nitrogens with one attached hydrogen (secondary N) is 7. The molecule has 0 unspecified atom stereocenters. The zero-order valence-corrected chi connectivity index (χ0v) is 36.7. The molecule has 0 aromatic heterocycles. The van der Waals surface area contributed by atoms with Crippen LogP contribution in [0.3, 0.4) is 0 Å². The van der Waals surface area contributed by atoms with Crippen molar-refractivity contribution in [3.8, 4) is 0 Å². The number of unbranched alkanes of at least 4 members (excludes halogenated alkanes) is 1. The second-order valence-corrected chi connectivity index (χ2v) is 15.9. The fourth-order valence-corrected chi connectivity index (χ4v) is 6.54. The van der Waals surface area contributed by atoms with Crippen LogP contribution in [0.15, 0.2) is 0 Å². The third kappa shape index (κ3) is 19.8. The van der Waals surface area contributed by atoms with Gasteiger partial charge in [-0.25, -0.2) is 4.79 Å². The van der Waals surface area contributed by atoms with E-state index in [9.17, 15) is 63.0 Å². The smallest absolute Gasteiger partial charge is 0.326 e. The van der Waals surface area contributed by atoms with E-state index in [1.54, 1.807) is 27.7 Å². The predicted molar refractivity (Wildman–Crippen MR) is 224 cm³/mol. The highest BCUT2D eigenvalue weighted by atomic mass is 16.4. The first-order valence-corrected chi connectivity index (χ1v) is 21.1. The number of carboxylic acid groups (broad SMARTS) is 2. The number of hydrogen-bond acceptors (Lipinski definition) is 13. The van der Waals surface area contributed by atoms with Crippen molar-refractivity contribution in [2.75, 3.05) is 26.2 Å². The lowest BCUT2D eigenvalue weighted by atomic mass is 9.96. The molecule has 0 spiro atoms. The molecule has 24 nitrogen and oxygen atoms in total. The molecule has 63 heavy (non-hydrogen) atoms. The minimum absolute atomic E-state index is 0.0681. The highest BCUT2D eigenvalue weighted by molar-refractivity contribution is 5.98. The number of primary amides is 1. The molecule has 1 heterocycles. The van der Waals surface area contributed by atoms with Crippen molar-refractivity contribution >= 4 is 65.1 Å². The summed E-state index contributed by atoms with van der Waals surface area (Å²) >= 11 is 0. The monoisotopic (exact) mass is 897 g/mol. The Kier molecular flexibility index (Phi) is 24.4. The molecule has 0 aliphatic carbocycles. The maximum atomic E-state index is 13.8. The number of carbonyl (C=O) groups excluding carboxylic acids is 9. The van der Waals surface area contributed by atoms with Crippen LogP contribution < -0.4 is 54.4 Å². The molecule has 9 amide bonds. The first-order valence-electron chi connectivity index (χ1n) is 21.1. The molecule has 1 rings (SSSR count). The van der Waals surface area contributed by atoms with Gasteiger partial charge in [-0.05, 0) is 70.3 Å². The number of rotatable bonds is 29. The predicted octanol–water partition coefficient (Wildman–Crippen LogP) is -3.97. The summed E-state index contributed by atoms with van der Waals surface area (Å²) in [7, 11) is 0. The normalized spacial score (nSPS) is 16.8. The summed E-state index contributed by atoms with van der Waals surface area (Å²) in [4.78, 5) is 141. The van der Waals surface area contributed by atoms with Crippen LogP contribution in [0.2, 0.25) is 0 Å². The molecule has 1 fully saturated rings. The lowest BCUT2D eigenvalue weighted by Crippen LogP contribution is -2.60.